The third-order valence-corrected chi connectivity index (χ3v) is 5.86. The first-order valence-electron chi connectivity index (χ1n) is 10.6. The van der Waals surface area contributed by atoms with Crippen molar-refractivity contribution in [1.82, 2.24) is 14.8 Å². The monoisotopic (exact) mass is 425 g/mol. The van der Waals surface area contributed by atoms with Gasteiger partial charge in [0, 0.05) is 35.3 Å². The predicted molar refractivity (Wildman–Crippen MR) is 121 cm³/mol. The lowest BCUT2D eigenvalue weighted by molar-refractivity contribution is 0.172. The second-order valence-electron chi connectivity index (χ2n) is 8.07. The molecule has 3 aromatic carbocycles. The van der Waals surface area contributed by atoms with E-state index in [1.165, 1.54) is 17.7 Å². The first kappa shape index (κ1) is 18.8. The van der Waals surface area contributed by atoms with Crippen LogP contribution in [-0.2, 0) is 6.54 Å². The van der Waals surface area contributed by atoms with Crippen LogP contribution in [0, 0.1) is 12.7 Å². The molecule has 0 atom stereocenters. The number of pyridine rings is 1. The molecule has 0 unspecified atom stereocenters. The number of nitrogens with zero attached hydrogens (tertiary/aromatic N) is 3. The van der Waals surface area contributed by atoms with Crippen molar-refractivity contribution in [1.29, 1.82) is 0 Å². The largest absolute Gasteiger partial charge is 0.486 e. The van der Waals surface area contributed by atoms with Gasteiger partial charge in [-0.1, -0.05) is 42.0 Å². The average Bonchev–Trinajstić information content (AvgIpc) is 3.24. The summed E-state index contributed by atoms with van der Waals surface area (Å²) in [6.07, 6.45) is 2.08. The fraction of sp³-hybridized carbons (Fsp3) is 0.154. The van der Waals surface area contributed by atoms with Gasteiger partial charge in [-0.05, 0) is 30.7 Å². The van der Waals surface area contributed by atoms with Crippen molar-refractivity contribution in [2.75, 3.05) is 13.2 Å². The van der Waals surface area contributed by atoms with E-state index >= 15 is 0 Å². The number of ether oxygens (including phenoxy) is 2. The molecule has 0 saturated heterocycles. The molecule has 0 bridgehead atoms. The average molecular weight is 425 g/mol. The van der Waals surface area contributed by atoms with Gasteiger partial charge in [0.1, 0.15) is 30.4 Å². The Morgan fingerprint density at radius 3 is 2.31 bits per heavy atom. The number of hydrogen-bond donors (Lipinski definition) is 0. The zero-order chi connectivity index (χ0) is 21.7. The van der Waals surface area contributed by atoms with E-state index in [2.05, 4.69) is 52.2 Å². The van der Waals surface area contributed by atoms with Gasteiger partial charge < -0.3 is 14.0 Å². The molecule has 6 heteroatoms. The zero-order valence-corrected chi connectivity index (χ0v) is 17.5. The Hall–Kier alpha value is -3.93. The normalized spacial score (nSPS) is 13.1. The van der Waals surface area contributed by atoms with Crippen LogP contribution in [0.3, 0.4) is 0 Å². The number of rotatable bonds is 3. The molecule has 3 aliphatic heterocycles. The summed E-state index contributed by atoms with van der Waals surface area (Å²) in [5.74, 6) is 1.18. The van der Waals surface area contributed by atoms with Gasteiger partial charge in [-0.15, -0.1) is 10.2 Å². The molecule has 0 amide bonds. The summed E-state index contributed by atoms with van der Waals surface area (Å²) < 4.78 is 27.3. The summed E-state index contributed by atoms with van der Waals surface area (Å²) in [6.45, 7) is 3.68. The van der Waals surface area contributed by atoms with Crippen molar-refractivity contribution in [3.63, 3.8) is 0 Å². The Balaban J connectivity index is 1.58. The van der Waals surface area contributed by atoms with E-state index in [4.69, 9.17) is 9.47 Å². The van der Waals surface area contributed by atoms with Crippen LogP contribution in [0.2, 0.25) is 0 Å². The van der Waals surface area contributed by atoms with E-state index in [9.17, 15) is 4.39 Å². The Morgan fingerprint density at radius 1 is 0.875 bits per heavy atom. The quantitative estimate of drug-likeness (QED) is 0.385. The van der Waals surface area contributed by atoms with Crippen molar-refractivity contribution < 1.29 is 13.9 Å². The SMILES string of the molecule is Cc1ccc(-c2nnc3c4cc5c(cc4n(Cc4ccc(F)cc4)cc2-3)OCCO5)cc1. The van der Waals surface area contributed by atoms with Gasteiger partial charge in [0.25, 0.3) is 0 Å². The van der Waals surface area contributed by atoms with Gasteiger partial charge in [-0.3, -0.25) is 0 Å². The lowest BCUT2D eigenvalue weighted by Crippen LogP contribution is -2.15. The molecule has 3 heterocycles. The molecule has 0 fully saturated rings. The van der Waals surface area contributed by atoms with Crippen LogP contribution in [0.4, 0.5) is 4.39 Å². The molecule has 32 heavy (non-hydrogen) atoms. The van der Waals surface area contributed by atoms with Crippen molar-refractivity contribution in [2.24, 2.45) is 0 Å². The highest BCUT2D eigenvalue weighted by Gasteiger charge is 2.23. The topological polar surface area (TPSA) is 49.2 Å². The fourth-order valence-corrected chi connectivity index (χ4v) is 4.21. The first-order valence-corrected chi connectivity index (χ1v) is 10.6. The van der Waals surface area contributed by atoms with Crippen molar-refractivity contribution in [2.45, 2.75) is 13.5 Å². The number of hydrogen-bond acceptors (Lipinski definition) is 4. The van der Waals surface area contributed by atoms with Gasteiger partial charge in [0.15, 0.2) is 11.5 Å². The molecule has 3 aromatic rings. The van der Waals surface area contributed by atoms with E-state index in [1.54, 1.807) is 12.1 Å². The second kappa shape index (κ2) is 7.34. The number of benzene rings is 3. The van der Waals surface area contributed by atoms with Crippen LogP contribution in [0.25, 0.3) is 33.4 Å². The summed E-state index contributed by atoms with van der Waals surface area (Å²) in [4.78, 5) is 0. The van der Waals surface area contributed by atoms with Gasteiger partial charge in [-0.2, -0.15) is 0 Å². The van der Waals surface area contributed by atoms with E-state index in [0.717, 1.165) is 39.0 Å². The molecule has 3 aliphatic rings. The standard InChI is InChI=1S/C26H20FN3O2/c1-16-2-6-18(7-3-16)25-21-15-30(14-17-4-8-19(27)9-5-17)22-13-24-23(31-10-11-32-24)12-20(22)26(21)29-28-25/h2-9,12-13,15H,10-11,14H2,1H3. The van der Waals surface area contributed by atoms with Crippen molar-refractivity contribution in [3.8, 4) is 34.0 Å². The molecule has 5 nitrogen and oxygen atoms in total. The predicted octanol–water partition coefficient (Wildman–Crippen LogP) is 5.47. The highest BCUT2D eigenvalue weighted by molar-refractivity contribution is 5.99. The minimum atomic E-state index is -0.246. The molecular formula is C26H20FN3O2. The molecule has 0 spiro atoms. The minimum absolute atomic E-state index is 0.246. The number of aromatic nitrogens is 3. The molecule has 0 radical (unpaired) electrons. The highest BCUT2D eigenvalue weighted by Crippen LogP contribution is 2.41. The van der Waals surface area contributed by atoms with Crippen molar-refractivity contribution >= 4 is 10.9 Å². The van der Waals surface area contributed by atoms with Gasteiger partial charge in [0.2, 0.25) is 0 Å². The van der Waals surface area contributed by atoms with E-state index < -0.39 is 0 Å². The summed E-state index contributed by atoms with van der Waals surface area (Å²) >= 11 is 0. The number of fused-ring (bicyclic) bond motifs is 4. The second-order valence-corrected chi connectivity index (χ2v) is 8.07. The van der Waals surface area contributed by atoms with Crippen LogP contribution in [-0.4, -0.2) is 28.0 Å². The summed E-state index contributed by atoms with van der Waals surface area (Å²) in [5, 5.41) is 10.0. The van der Waals surface area contributed by atoms with Gasteiger partial charge >= 0.3 is 0 Å². The molecule has 0 aromatic heterocycles. The molecule has 6 rings (SSSR count). The third kappa shape index (κ3) is 3.15. The third-order valence-electron chi connectivity index (χ3n) is 5.86. The Kier molecular flexibility index (Phi) is 4.31. The van der Waals surface area contributed by atoms with Crippen LogP contribution >= 0.6 is 0 Å². The smallest absolute Gasteiger partial charge is 0.163 e. The number of halogens is 1. The maximum absolute atomic E-state index is 13.4. The number of aryl methyl sites for hydroxylation is 1. The molecular weight excluding hydrogens is 405 g/mol. The minimum Gasteiger partial charge on any atom is -0.486 e. The molecule has 0 saturated carbocycles. The fourth-order valence-electron chi connectivity index (χ4n) is 4.21. The van der Waals surface area contributed by atoms with Gasteiger partial charge in [0.05, 0.1) is 5.52 Å². The molecule has 158 valence electrons. The summed E-state index contributed by atoms with van der Waals surface area (Å²) in [6, 6.07) is 18.8. The Bertz CT molecular complexity index is 1410. The summed E-state index contributed by atoms with van der Waals surface area (Å²) in [5.41, 5.74) is 6.78. The molecule has 0 aliphatic carbocycles. The van der Waals surface area contributed by atoms with Crippen LogP contribution in [0.1, 0.15) is 11.1 Å². The maximum Gasteiger partial charge on any atom is 0.163 e. The summed E-state index contributed by atoms with van der Waals surface area (Å²) in [7, 11) is 0. The van der Waals surface area contributed by atoms with Crippen LogP contribution in [0.15, 0.2) is 66.9 Å². The Labute approximate surface area is 184 Å². The highest BCUT2D eigenvalue weighted by atomic mass is 19.1. The van der Waals surface area contributed by atoms with Crippen molar-refractivity contribution in [3.05, 3.63) is 83.8 Å². The molecule has 0 N–H and O–H groups in total. The van der Waals surface area contributed by atoms with E-state index in [-0.39, 0.29) is 5.82 Å². The lowest BCUT2D eigenvalue weighted by Gasteiger charge is -2.21. The van der Waals surface area contributed by atoms with E-state index in [1.807, 2.05) is 12.1 Å². The van der Waals surface area contributed by atoms with Crippen LogP contribution < -0.4 is 9.47 Å². The maximum atomic E-state index is 13.4. The lowest BCUT2D eigenvalue weighted by atomic mass is 10.0. The van der Waals surface area contributed by atoms with Crippen LogP contribution in [0.5, 0.6) is 11.5 Å². The first-order chi connectivity index (χ1) is 15.7. The van der Waals surface area contributed by atoms with Gasteiger partial charge in [-0.25, -0.2) is 4.39 Å². The van der Waals surface area contributed by atoms with E-state index in [0.29, 0.717) is 31.3 Å². The Morgan fingerprint density at radius 2 is 1.56 bits per heavy atom. The zero-order valence-electron chi connectivity index (χ0n) is 17.5.